The summed E-state index contributed by atoms with van der Waals surface area (Å²) in [5.41, 5.74) is 7.09. The van der Waals surface area contributed by atoms with Crippen molar-refractivity contribution in [1.82, 2.24) is 0 Å². The van der Waals surface area contributed by atoms with Crippen molar-refractivity contribution < 1.29 is 9.21 Å². The van der Waals surface area contributed by atoms with Gasteiger partial charge in [-0.2, -0.15) is 0 Å². The van der Waals surface area contributed by atoms with E-state index in [1.165, 1.54) is 6.07 Å². The molecule has 84 valence electrons. The van der Waals surface area contributed by atoms with Crippen molar-refractivity contribution in [2.75, 3.05) is 5.73 Å². The van der Waals surface area contributed by atoms with Gasteiger partial charge in [-0.1, -0.05) is 13.5 Å². The molecule has 0 radical (unpaired) electrons. The molecule has 0 bridgehead atoms. The standard InChI is InChI=1S/C11H9NO3.CH4/c12-11-7(5-6-13)1-3-9-8(11)2-4-10(14)15-9;/h1-4,6H,5,12H2;1H4. The van der Waals surface area contributed by atoms with Crippen molar-refractivity contribution in [3.63, 3.8) is 0 Å². The summed E-state index contributed by atoms with van der Waals surface area (Å²) in [4.78, 5) is 21.3. The monoisotopic (exact) mass is 219 g/mol. The lowest BCUT2D eigenvalue weighted by Crippen LogP contribution is -2.00. The lowest BCUT2D eigenvalue weighted by atomic mass is 10.1. The van der Waals surface area contributed by atoms with Crippen LogP contribution < -0.4 is 11.4 Å². The number of hydrogen-bond donors (Lipinski definition) is 1. The lowest BCUT2D eigenvalue weighted by Gasteiger charge is -2.04. The van der Waals surface area contributed by atoms with Crippen molar-refractivity contribution in [2.45, 2.75) is 13.8 Å². The SMILES string of the molecule is C.Nc1c(CC=O)ccc2oc(=O)ccc12. The predicted molar refractivity (Wildman–Crippen MR) is 63.4 cm³/mol. The fourth-order valence-corrected chi connectivity index (χ4v) is 1.48. The van der Waals surface area contributed by atoms with Crippen LogP contribution in [0.1, 0.15) is 13.0 Å². The molecule has 0 aliphatic carbocycles. The van der Waals surface area contributed by atoms with Crippen LogP contribution >= 0.6 is 0 Å². The second-order valence-corrected chi connectivity index (χ2v) is 3.18. The minimum Gasteiger partial charge on any atom is -0.423 e. The average Bonchev–Trinajstić information content (AvgIpc) is 2.22. The highest BCUT2D eigenvalue weighted by molar-refractivity contribution is 5.91. The van der Waals surface area contributed by atoms with Crippen LogP contribution in [-0.4, -0.2) is 6.29 Å². The van der Waals surface area contributed by atoms with E-state index in [1.807, 2.05) is 0 Å². The Morgan fingerprint density at radius 1 is 1.25 bits per heavy atom. The largest absolute Gasteiger partial charge is 0.423 e. The van der Waals surface area contributed by atoms with Gasteiger partial charge in [-0.15, -0.1) is 0 Å². The van der Waals surface area contributed by atoms with Crippen molar-refractivity contribution in [3.05, 3.63) is 40.2 Å². The molecule has 2 N–H and O–H groups in total. The molecule has 4 heteroatoms. The summed E-state index contributed by atoms with van der Waals surface area (Å²) in [6.45, 7) is 0. The summed E-state index contributed by atoms with van der Waals surface area (Å²) < 4.78 is 4.95. The zero-order chi connectivity index (χ0) is 10.8. The molecule has 0 fully saturated rings. The molecule has 1 aromatic heterocycles. The van der Waals surface area contributed by atoms with E-state index in [9.17, 15) is 9.59 Å². The number of carbonyl (C=O) groups excluding carboxylic acids is 1. The van der Waals surface area contributed by atoms with E-state index in [0.29, 0.717) is 16.7 Å². The molecule has 4 nitrogen and oxygen atoms in total. The second kappa shape index (κ2) is 4.61. The highest BCUT2D eigenvalue weighted by atomic mass is 16.4. The van der Waals surface area contributed by atoms with E-state index in [-0.39, 0.29) is 13.8 Å². The molecule has 0 saturated carbocycles. The number of aldehydes is 1. The fraction of sp³-hybridized carbons (Fsp3) is 0.167. The van der Waals surface area contributed by atoms with Gasteiger partial charge in [-0.3, -0.25) is 0 Å². The summed E-state index contributed by atoms with van der Waals surface area (Å²) in [6, 6.07) is 6.25. The Morgan fingerprint density at radius 3 is 2.69 bits per heavy atom. The topological polar surface area (TPSA) is 73.3 Å². The zero-order valence-electron chi connectivity index (χ0n) is 7.90. The maximum atomic E-state index is 10.9. The van der Waals surface area contributed by atoms with E-state index in [4.69, 9.17) is 10.2 Å². The summed E-state index contributed by atoms with van der Waals surface area (Å²) in [5.74, 6) is 0. The first-order chi connectivity index (χ1) is 7.22. The Balaban J connectivity index is 0.00000128. The summed E-state index contributed by atoms with van der Waals surface area (Å²) in [5, 5.41) is 0.661. The quantitative estimate of drug-likeness (QED) is 0.474. The molecular formula is C12H13NO3. The van der Waals surface area contributed by atoms with E-state index in [1.54, 1.807) is 18.2 Å². The number of rotatable bonds is 2. The molecule has 2 rings (SSSR count). The van der Waals surface area contributed by atoms with Gasteiger partial charge in [0.1, 0.15) is 11.9 Å². The Kier molecular flexibility index (Phi) is 3.45. The van der Waals surface area contributed by atoms with Gasteiger partial charge >= 0.3 is 5.63 Å². The van der Waals surface area contributed by atoms with Crippen molar-refractivity contribution in [2.24, 2.45) is 0 Å². The smallest absolute Gasteiger partial charge is 0.336 e. The number of anilines is 1. The molecule has 0 spiro atoms. The van der Waals surface area contributed by atoms with E-state index >= 15 is 0 Å². The molecule has 0 amide bonds. The van der Waals surface area contributed by atoms with Crippen molar-refractivity contribution >= 4 is 22.9 Å². The van der Waals surface area contributed by atoms with Gasteiger partial charge in [0, 0.05) is 23.6 Å². The van der Waals surface area contributed by atoms with Gasteiger partial charge in [0.25, 0.3) is 0 Å². The summed E-state index contributed by atoms with van der Waals surface area (Å²) >= 11 is 0. The van der Waals surface area contributed by atoms with Crippen LogP contribution in [-0.2, 0) is 11.2 Å². The maximum absolute atomic E-state index is 10.9. The van der Waals surface area contributed by atoms with Gasteiger partial charge in [-0.25, -0.2) is 4.79 Å². The molecule has 0 aliphatic rings. The van der Waals surface area contributed by atoms with Crippen LogP contribution in [0.4, 0.5) is 5.69 Å². The Labute approximate surface area is 92.7 Å². The van der Waals surface area contributed by atoms with E-state index < -0.39 is 5.63 Å². The third kappa shape index (κ3) is 1.95. The molecule has 16 heavy (non-hydrogen) atoms. The molecule has 2 aromatic rings. The normalized spacial score (nSPS) is 9.75. The average molecular weight is 219 g/mol. The number of nitrogen functional groups attached to an aromatic ring is 1. The first-order valence-electron chi connectivity index (χ1n) is 4.47. The molecular weight excluding hydrogens is 206 g/mol. The van der Waals surface area contributed by atoms with Gasteiger partial charge in [-0.05, 0) is 17.7 Å². The highest BCUT2D eigenvalue weighted by Gasteiger charge is 2.05. The third-order valence-corrected chi connectivity index (χ3v) is 2.24. The van der Waals surface area contributed by atoms with Crippen LogP contribution in [0.5, 0.6) is 0 Å². The molecule has 0 unspecified atom stereocenters. The van der Waals surface area contributed by atoms with Gasteiger partial charge in [0.05, 0.1) is 0 Å². The number of hydrogen-bond acceptors (Lipinski definition) is 4. The minimum absolute atomic E-state index is 0. The highest BCUT2D eigenvalue weighted by Crippen LogP contribution is 2.23. The first-order valence-corrected chi connectivity index (χ1v) is 4.47. The molecule has 0 saturated heterocycles. The van der Waals surface area contributed by atoms with Gasteiger partial charge in [0.15, 0.2) is 0 Å². The van der Waals surface area contributed by atoms with Crippen molar-refractivity contribution in [3.8, 4) is 0 Å². The summed E-state index contributed by atoms with van der Waals surface area (Å²) in [6.07, 6.45) is 1.05. The summed E-state index contributed by atoms with van der Waals surface area (Å²) in [7, 11) is 0. The Bertz CT molecular complexity index is 572. The molecule has 1 aromatic carbocycles. The van der Waals surface area contributed by atoms with Crippen LogP contribution in [0.3, 0.4) is 0 Å². The van der Waals surface area contributed by atoms with Crippen LogP contribution in [0.25, 0.3) is 11.0 Å². The number of carbonyl (C=O) groups is 1. The second-order valence-electron chi connectivity index (χ2n) is 3.18. The maximum Gasteiger partial charge on any atom is 0.336 e. The molecule has 0 atom stereocenters. The number of fused-ring (bicyclic) bond motifs is 1. The van der Waals surface area contributed by atoms with Crippen LogP contribution in [0, 0.1) is 0 Å². The van der Waals surface area contributed by atoms with Crippen LogP contribution in [0.15, 0.2) is 33.5 Å². The van der Waals surface area contributed by atoms with Gasteiger partial charge < -0.3 is 14.9 Å². The molecule has 1 heterocycles. The Hall–Kier alpha value is -2.10. The van der Waals surface area contributed by atoms with Crippen LogP contribution in [0.2, 0.25) is 0 Å². The van der Waals surface area contributed by atoms with E-state index in [0.717, 1.165) is 11.8 Å². The number of benzene rings is 1. The minimum atomic E-state index is -0.412. The van der Waals surface area contributed by atoms with E-state index in [2.05, 4.69) is 0 Å². The predicted octanol–water partition coefficient (Wildman–Crippen LogP) is 1.75. The molecule has 0 aliphatic heterocycles. The lowest BCUT2D eigenvalue weighted by molar-refractivity contribution is -0.107. The number of nitrogens with two attached hydrogens (primary N) is 1. The fourth-order valence-electron chi connectivity index (χ4n) is 1.48. The van der Waals surface area contributed by atoms with Gasteiger partial charge in [0.2, 0.25) is 0 Å². The zero-order valence-corrected chi connectivity index (χ0v) is 7.90. The van der Waals surface area contributed by atoms with Crippen molar-refractivity contribution in [1.29, 1.82) is 0 Å². The first kappa shape index (κ1) is 12.0. The Morgan fingerprint density at radius 2 is 2.00 bits per heavy atom. The third-order valence-electron chi connectivity index (χ3n) is 2.24.